The van der Waals surface area contributed by atoms with Crippen LogP contribution < -0.4 is 0 Å². The first kappa shape index (κ1) is 26.6. The quantitative estimate of drug-likeness (QED) is 0.178. The van der Waals surface area contributed by atoms with E-state index in [1.165, 1.54) is 81.1 Å². The Bertz CT molecular complexity index is 586. The average molecular weight is 465 g/mol. The lowest BCUT2D eigenvalue weighted by atomic mass is 10.1. The molecule has 0 fully saturated rings. The maximum Gasteiger partial charge on any atom is 0.124 e. The summed E-state index contributed by atoms with van der Waals surface area (Å²) in [6.07, 6.45) is 11.4. The molecule has 0 heterocycles. The first-order valence-electron chi connectivity index (χ1n) is 10.0. The maximum atomic E-state index is 10.4. The summed E-state index contributed by atoms with van der Waals surface area (Å²) in [6, 6.07) is 5.78. The second-order valence-electron chi connectivity index (χ2n) is 7.81. The summed E-state index contributed by atoms with van der Waals surface area (Å²) < 4.78 is 32.3. The third kappa shape index (κ3) is 15.2. The summed E-state index contributed by atoms with van der Waals surface area (Å²) in [6.45, 7) is 6.68. The van der Waals surface area contributed by atoms with E-state index in [0.717, 1.165) is 10.9 Å². The molecule has 0 unspecified atom stereocenters. The van der Waals surface area contributed by atoms with E-state index in [-0.39, 0.29) is 4.90 Å². The fraction of sp³-hybridized carbons (Fsp3) is 0.714. The largest absolute Gasteiger partial charge is 0.744 e. The summed E-state index contributed by atoms with van der Waals surface area (Å²) >= 11 is 3.53. The van der Waals surface area contributed by atoms with Gasteiger partial charge in [0.05, 0.1) is 37.4 Å². The zero-order chi connectivity index (χ0) is 20.8. The van der Waals surface area contributed by atoms with Crippen LogP contribution in [0.15, 0.2) is 29.2 Å². The SMILES string of the molecule is CCCCCCCCCC[N+](C)(C)CCBr.Cc1ccc(S(=O)(=O)[O-])cc1. The van der Waals surface area contributed by atoms with Crippen LogP contribution in [0.25, 0.3) is 0 Å². The van der Waals surface area contributed by atoms with Crippen molar-refractivity contribution >= 4 is 26.0 Å². The lowest BCUT2D eigenvalue weighted by molar-refractivity contribution is -0.887. The standard InChI is InChI=1S/C14H31BrN.C7H8O3S/c1-4-5-6-7-8-9-10-11-13-16(2,3)14-12-15;1-6-2-4-7(5-3-6)11(8,9)10/h4-14H2,1-3H3;2-5H,1H3,(H,8,9,10)/q+1;/p-1. The molecule has 0 amide bonds. The third-order valence-electron chi connectivity index (χ3n) is 4.62. The van der Waals surface area contributed by atoms with Crippen molar-refractivity contribution in [1.29, 1.82) is 0 Å². The number of nitrogens with zero attached hydrogens (tertiary/aromatic N) is 1. The van der Waals surface area contributed by atoms with E-state index in [9.17, 15) is 13.0 Å². The van der Waals surface area contributed by atoms with Gasteiger partial charge in [-0.2, -0.15) is 0 Å². The van der Waals surface area contributed by atoms with Crippen molar-refractivity contribution in [3.63, 3.8) is 0 Å². The van der Waals surface area contributed by atoms with E-state index >= 15 is 0 Å². The molecule has 0 N–H and O–H groups in total. The first-order valence-corrected chi connectivity index (χ1v) is 12.6. The molecule has 27 heavy (non-hydrogen) atoms. The van der Waals surface area contributed by atoms with Gasteiger partial charge in [-0.1, -0.05) is 79.1 Å². The summed E-state index contributed by atoms with van der Waals surface area (Å²) in [5.74, 6) is 0. The van der Waals surface area contributed by atoms with Crippen LogP contribution >= 0.6 is 15.9 Å². The highest BCUT2D eigenvalue weighted by molar-refractivity contribution is 9.09. The summed E-state index contributed by atoms with van der Waals surface area (Å²) in [5.41, 5.74) is 0.928. The summed E-state index contributed by atoms with van der Waals surface area (Å²) in [4.78, 5) is -0.178. The second kappa shape index (κ2) is 14.6. The van der Waals surface area contributed by atoms with Crippen LogP contribution in [-0.2, 0) is 10.1 Å². The minimum atomic E-state index is -4.27. The van der Waals surface area contributed by atoms with Crippen molar-refractivity contribution in [1.82, 2.24) is 0 Å². The summed E-state index contributed by atoms with van der Waals surface area (Å²) in [7, 11) is 0.402. The van der Waals surface area contributed by atoms with Crippen LogP contribution in [0, 0.1) is 6.92 Å². The second-order valence-corrected chi connectivity index (χ2v) is 9.99. The highest BCUT2D eigenvalue weighted by Crippen LogP contribution is 2.10. The molecule has 0 saturated carbocycles. The molecule has 0 atom stereocenters. The Labute approximate surface area is 175 Å². The smallest absolute Gasteiger partial charge is 0.124 e. The van der Waals surface area contributed by atoms with Crippen LogP contribution in [-0.4, -0.2) is 50.0 Å². The van der Waals surface area contributed by atoms with Crippen molar-refractivity contribution < 1.29 is 17.5 Å². The van der Waals surface area contributed by atoms with Crippen LogP contribution in [0.1, 0.15) is 63.9 Å². The van der Waals surface area contributed by atoms with E-state index in [4.69, 9.17) is 0 Å². The van der Waals surface area contributed by atoms with Gasteiger partial charge in [-0.15, -0.1) is 0 Å². The predicted molar refractivity (Wildman–Crippen MR) is 117 cm³/mol. The van der Waals surface area contributed by atoms with Gasteiger partial charge in [-0.25, -0.2) is 8.42 Å². The van der Waals surface area contributed by atoms with Gasteiger partial charge in [0.15, 0.2) is 0 Å². The number of alkyl halides is 1. The van der Waals surface area contributed by atoms with Gasteiger partial charge in [-0.05, 0) is 31.9 Å². The molecule has 0 aliphatic carbocycles. The summed E-state index contributed by atoms with van der Waals surface area (Å²) in [5, 5.41) is 1.12. The van der Waals surface area contributed by atoms with Crippen molar-refractivity contribution in [2.24, 2.45) is 0 Å². The number of benzene rings is 1. The highest BCUT2D eigenvalue weighted by Gasteiger charge is 2.12. The molecule has 0 aromatic heterocycles. The van der Waals surface area contributed by atoms with Gasteiger partial charge in [0.25, 0.3) is 0 Å². The molecule has 1 aromatic carbocycles. The molecular weight excluding hydrogens is 426 g/mol. The van der Waals surface area contributed by atoms with Crippen molar-refractivity contribution in [2.75, 3.05) is 32.5 Å². The molecule has 0 aliphatic rings. The van der Waals surface area contributed by atoms with Crippen molar-refractivity contribution in [3.05, 3.63) is 29.8 Å². The van der Waals surface area contributed by atoms with E-state index in [2.05, 4.69) is 36.9 Å². The molecule has 0 saturated heterocycles. The van der Waals surface area contributed by atoms with Crippen molar-refractivity contribution in [2.45, 2.75) is 70.1 Å². The molecule has 0 radical (unpaired) electrons. The zero-order valence-corrected chi connectivity index (χ0v) is 19.9. The predicted octanol–water partition coefficient (Wildman–Crippen LogP) is 5.50. The third-order valence-corrected chi connectivity index (χ3v) is 5.82. The number of unbranched alkanes of at least 4 members (excludes halogenated alkanes) is 7. The Morgan fingerprint density at radius 2 is 1.37 bits per heavy atom. The Morgan fingerprint density at radius 1 is 0.889 bits per heavy atom. The lowest BCUT2D eigenvalue weighted by Gasteiger charge is -2.29. The molecule has 158 valence electrons. The normalized spacial score (nSPS) is 11.8. The minimum absolute atomic E-state index is 0.178. The Kier molecular flexibility index (Phi) is 14.3. The number of hydrogen-bond acceptors (Lipinski definition) is 3. The van der Waals surface area contributed by atoms with Crippen molar-refractivity contribution in [3.8, 4) is 0 Å². The molecule has 1 aromatic rings. The molecule has 0 spiro atoms. The molecule has 1 rings (SSSR count). The number of hydrogen-bond donors (Lipinski definition) is 0. The van der Waals surface area contributed by atoms with Gasteiger partial charge in [0, 0.05) is 0 Å². The number of quaternary nitrogens is 1. The highest BCUT2D eigenvalue weighted by atomic mass is 79.9. The first-order chi connectivity index (χ1) is 12.6. The lowest BCUT2D eigenvalue weighted by Crippen LogP contribution is -2.41. The van der Waals surface area contributed by atoms with Gasteiger partial charge in [0.1, 0.15) is 10.1 Å². The van der Waals surface area contributed by atoms with E-state index in [0.29, 0.717) is 0 Å². The van der Waals surface area contributed by atoms with Crippen LogP contribution in [0.4, 0.5) is 0 Å². The van der Waals surface area contributed by atoms with Gasteiger partial charge >= 0.3 is 0 Å². The number of halogens is 1. The van der Waals surface area contributed by atoms with E-state index < -0.39 is 10.1 Å². The molecule has 0 bridgehead atoms. The minimum Gasteiger partial charge on any atom is -0.744 e. The molecule has 4 nitrogen and oxygen atoms in total. The monoisotopic (exact) mass is 463 g/mol. The van der Waals surface area contributed by atoms with Gasteiger partial charge in [0.2, 0.25) is 0 Å². The number of rotatable bonds is 12. The molecule has 6 heteroatoms. The molecular formula is C21H38BrNO3S. The van der Waals surface area contributed by atoms with Gasteiger partial charge in [-0.3, -0.25) is 0 Å². The Hall–Kier alpha value is -0.430. The fourth-order valence-electron chi connectivity index (χ4n) is 2.72. The molecule has 0 aliphatic heterocycles. The van der Waals surface area contributed by atoms with Crippen LogP contribution in [0.2, 0.25) is 0 Å². The zero-order valence-electron chi connectivity index (χ0n) is 17.5. The average Bonchev–Trinajstić information content (AvgIpc) is 2.57. The van der Waals surface area contributed by atoms with E-state index in [1.807, 2.05) is 6.92 Å². The van der Waals surface area contributed by atoms with Crippen LogP contribution in [0.5, 0.6) is 0 Å². The Balaban J connectivity index is 0.000000533. The fourth-order valence-corrected chi connectivity index (χ4v) is 4.15. The van der Waals surface area contributed by atoms with Gasteiger partial charge < -0.3 is 9.04 Å². The maximum absolute atomic E-state index is 10.4. The number of aryl methyl sites for hydroxylation is 1. The van der Waals surface area contributed by atoms with E-state index in [1.54, 1.807) is 12.1 Å². The Morgan fingerprint density at radius 3 is 1.81 bits per heavy atom. The van der Waals surface area contributed by atoms with Crippen LogP contribution in [0.3, 0.4) is 0 Å². The topological polar surface area (TPSA) is 57.2 Å².